The van der Waals surface area contributed by atoms with E-state index in [1.807, 2.05) is 12.1 Å². The van der Waals surface area contributed by atoms with Crippen molar-refractivity contribution in [3.05, 3.63) is 53.1 Å². The van der Waals surface area contributed by atoms with Gasteiger partial charge in [-0.15, -0.1) is 11.8 Å². The van der Waals surface area contributed by atoms with Crippen LogP contribution in [0.1, 0.15) is 18.4 Å². The number of ether oxygens (including phenoxy) is 2. The largest absolute Gasteiger partial charge is 0.493 e. The third-order valence-corrected chi connectivity index (χ3v) is 5.16. The quantitative estimate of drug-likeness (QED) is 0.231. The second-order valence-electron chi connectivity index (χ2n) is 6.14. The molecule has 1 fully saturated rings. The van der Waals surface area contributed by atoms with E-state index in [0.717, 1.165) is 17.7 Å². The zero-order chi connectivity index (χ0) is 19.9. The number of thioether (sulfide) groups is 1. The maximum atomic E-state index is 11.9. The van der Waals surface area contributed by atoms with Crippen LogP contribution in [-0.2, 0) is 9.59 Å². The van der Waals surface area contributed by atoms with Crippen LogP contribution in [0.4, 0.5) is 0 Å². The first-order valence-corrected chi connectivity index (χ1v) is 10.0. The van der Waals surface area contributed by atoms with Gasteiger partial charge in [0.1, 0.15) is 0 Å². The molecule has 0 aromatic heterocycles. The molecule has 0 radical (unpaired) electrons. The first kappa shape index (κ1) is 20.2. The van der Waals surface area contributed by atoms with Gasteiger partial charge in [0.05, 0.1) is 25.0 Å². The van der Waals surface area contributed by atoms with Gasteiger partial charge in [-0.2, -0.15) is 5.10 Å². The van der Waals surface area contributed by atoms with Crippen molar-refractivity contribution in [1.29, 1.82) is 0 Å². The number of benzene rings is 2. The Kier molecular flexibility index (Phi) is 6.95. The molecule has 6 nitrogen and oxygen atoms in total. The van der Waals surface area contributed by atoms with Crippen molar-refractivity contribution in [1.82, 2.24) is 5.43 Å². The van der Waals surface area contributed by atoms with E-state index in [4.69, 9.17) is 21.1 Å². The number of nitrogens with zero attached hydrogens (tertiary/aromatic N) is 1. The summed E-state index contributed by atoms with van der Waals surface area (Å²) >= 11 is 7.22. The van der Waals surface area contributed by atoms with Gasteiger partial charge >= 0.3 is 5.97 Å². The van der Waals surface area contributed by atoms with E-state index in [2.05, 4.69) is 10.5 Å². The van der Waals surface area contributed by atoms with Crippen LogP contribution >= 0.6 is 23.4 Å². The van der Waals surface area contributed by atoms with Crippen molar-refractivity contribution < 1.29 is 19.1 Å². The van der Waals surface area contributed by atoms with E-state index in [1.165, 1.54) is 25.1 Å². The van der Waals surface area contributed by atoms with Gasteiger partial charge in [0, 0.05) is 9.92 Å². The van der Waals surface area contributed by atoms with Crippen LogP contribution in [-0.4, -0.2) is 31.0 Å². The fraction of sp³-hybridized carbons (Fsp3) is 0.250. The lowest BCUT2D eigenvalue weighted by Crippen LogP contribution is -2.19. The van der Waals surface area contributed by atoms with E-state index < -0.39 is 0 Å². The molecule has 0 bridgehead atoms. The molecule has 0 spiro atoms. The maximum Gasteiger partial charge on any atom is 0.314 e. The van der Waals surface area contributed by atoms with E-state index in [0.29, 0.717) is 22.1 Å². The van der Waals surface area contributed by atoms with Gasteiger partial charge in [0.15, 0.2) is 11.5 Å². The number of carbonyl (C=O) groups excluding carboxylic acids is 2. The fourth-order valence-corrected chi connectivity index (χ4v) is 3.07. The van der Waals surface area contributed by atoms with Crippen molar-refractivity contribution >= 4 is 41.5 Å². The third-order valence-electron chi connectivity index (χ3n) is 3.90. The van der Waals surface area contributed by atoms with Crippen LogP contribution in [0.5, 0.6) is 11.5 Å². The average Bonchev–Trinajstić information content (AvgIpc) is 3.54. The number of hydrogen-bond acceptors (Lipinski definition) is 6. The van der Waals surface area contributed by atoms with Crippen LogP contribution in [0.25, 0.3) is 0 Å². The van der Waals surface area contributed by atoms with Crippen LogP contribution < -0.4 is 14.9 Å². The van der Waals surface area contributed by atoms with Crippen molar-refractivity contribution in [3.63, 3.8) is 0 Å². The van der Waals surface area contributed by atoms with Crippen molar-refractivity contribution in [2.45, 2.75) is 17.7 Å². The molecule has 0 atom stereocenters. The second-order valence-corrected chi connectivity index (χ2v) is 7.63. The zero-order valence-corrected chi connectivity index (χ0v) is 16.8. The Morgan fingerprint density at radius 3 is 2.64 bits per heavy atom. The molecule has 0 heterocycles. The molecule has 0 unspecified atom stereocenters. The Hall–Kier alpha value is -2.51. The minimum Gasteiger partial charge on any atom is -0.493 e. The summed E-state index contributed by atoms with van der Waals surface area (Å²) in [5.74, 6) is 0.593. The highest BCUT2D eigenvalue weighted by Gasteiger charge is 2.32. The molecule has 28 heavy (non-hydrogen) atoms. The maximum absolute atomic E-state index is 11.9. The van der Waals surface area contributed by atoms with Crippen molar-refractivity contribution in [2.24, 2.45) is 11.0 Å². The molecule has 1 N–H and O–H groups in total. The lowest BCUT2D eigenvalue weighted by Gasteiger charge is -2.09. The third kappa shape index (κ3) is 6.00. The molecule has 1 saturated carbocycles. The van der Waals surface area contributed by atoms with E-state index in [9.17, 15) is 9.59 Å². The number of carbonyl (C=O) groups is 2. The lowest BCUT2D eigenvalue weighted by atomic mass is 10.2. The molecule has 0 aliphatic heterocycles. The summed E-state index contributed by atoms with van der Waals surface area (Å²) in [6, 6.07) is 12.3. The van der Waals surface area contributed by atoms with Crippen LogP contribution in [0.3, 0.4) is 0 Å². The summed E-state index contributed by atoms with van der Waals surface area (Å²) in [6.07, 6.45) is 3.25. The van der Waals surface area contributed by atoms with E-state index >= 15 is 0 Å². The number of nitrogens with one attached hydrogen (secondary N) is 1. The molecule has 8 heteroatoms. The predicted molar refractivity (Wildman–Crippen MR) is 109 cm³/mol. The molecular formula is C20H19ClN2O4S. The molecular weight excluding hydrogens is 400 g/mol. The Morgan fingerprint density at radius 1 is 1.21 bits per heavy atom. The monoisotopic (exact) mass is 418 g/mol. The molecule has 0 saturated heterocycles. The number of esters is 1. The highest BCUT2D eigenvalue weighted by Crippen LogP contribution is 2.34. The van der Waals surface area contributed by atoms with Crippen LogP contribution in [0, 0.1) is 5.92 Å². The molecule has 146 valence electrons. The predicted octanol–water partition coefficient (Wildman–Crippen LogP) is 3.91. The molecule has 2 aromatic carbocycles. The SMILES string of the molecule is COc1cc(/C=N/NC(=O)CSc2ccc(Cl)cc2)ccc1OC(=O)C1CC1. The summed E-state index contributed by atoms with van der Waals surface area (Å²) in [5.41, 5.74) is 3.18. The van der Waals surface area contributed by atoms with Gasteiger partial charge in [0.2, 0.25) is 5.91 Å². The minimum absolute atomic E-state index is 0.00639. The molecule has 1 aliphatic carbocycles. The van der Waals surface area contributed by atoms with Crippen molar-refractivity contribution in [3.8, 4) is 11.5 Å². The summed E-state index contributed by atoms with van der Waals surface area (Å²) in [7, 11) is 1.50. The number of methoxy groups -OCH3 is 1. The number of hydrazone groups is 1. The highest BCUT2D eigenvalue weighted by molar-refractivity contribution is 8.00. The number of amides is 1. The average molecular weight is 419 g/mol. The standard InChI is InChI=1S/C20H19ClN2O4S/c1-26-18-10-13(2-9-17(18)27-20(25)14-3-4-14)11-22-23-19(24)12-28-16-7-5-15(21)6-8-16/h2,5-11,14H,3-4,12H2,1H3,(H,23,24)/b22-11+. The number of hydrogen-bond donors (Lipinski definition) is 1. The van der Waals surface area contributed by atoms with Gasteiger partial charge in [-0.1, -0.05) is 11.6 Å². The number of rotatable bonds is 8. The first-order chi connectivity index (χ1) is 13.5. The summed E-state index contributed by atoms with van der Waals surface area (Å²) in [6.45, 7) is 0. The van der Waals surface area contributed by atoms with Gasteiger partial charge < -0.3 is 9.47 Å². The zero-order valence-electron chi connectivity index (χ0n) is 15.2. The van der Waals surface area contributed by atoms with Gasteiger partial charge in [-0.05, 0) is 60.9 Å². The molecule has 1 amide bonds. The topological polar surface area (TPSA) is 77.0 Å². The van der Waals surface area contributed by atoms with Gasteiger partial charge in [-0.3, -0.25) is 9.59 Å². The molecule has 1 aliphatic rings. The number of halogens is 1. The van der Waals surface area contributed by atoms with Crippen LogP contribution in [0.2, 0.25) is 5.02 Å². The lowest BCUT2D eigenvalue weighted by molar-refractivity contribution is -0.135. The van der Waals surface area contributed by atoms with Gasteiger partial charge in [-0.25, -0.2) is 5.43 Å². The van der Waals surface area contributed by atoms with E-state index in [-0.39, 0.29) is 23.5 Å². The Bertz CT molecular complexity index is 882. The highest BCUT2D eigenvalue weighted by atomic mass is 35.5. The smallest absolute Gasteiger partial charge is 0.314 e. The summed E-state index contributed by atoms with van der Waals surface area (Å²) in [5, 5.41) is 4.60. The fourth-order valence-electron chi connectivity index (χ4n) is 2.25. The molecule has 2 aromatic rings. The summed E-state index contributed by atoms with van der Waals surface area (Å²) < 4.78 is 10.6. The van der Waals surface area contributed by atoms with Crippen molar-refractivity contribution in [2.75, 3.05) is 12.9 Å². The first-order valence-electron chi connectivity index (χ1n) is 8.65. The van der Waals surface area contributed by atoms with E-state index in [1.54, 1.807) is 30.3 Å². The van der Waals surface area contributed by atoms with Crippen LogP contribution in [0.15, 0.2) is 52.5 Å². The second kappa shape index (κ2) is 9.61. The Morgan fingerprint density at radius 2 is 1.96 bits per heavy atom. The van der Waals surface area contributed by atoms with Gasteiger partial charge in [0.25, 0.3) is 0 Å². The minimum atomic E-state index is -0.231. The summed E-state index contributed by atoms with van der Waals surface area (Å²) in [4.78, 5) is 24.6. The Balaban J connectivity index is 1.50. The normalized spacial score (nSPS) is 13.4. The Labute approximate surface area is 172 Å². The molecule has 3 rings (SSSR count).